The van der Waals surface area contributed by atoms with Crippen LogP contribution in [0.4, 0.5) is 13.2 Å². The van der Waals surface area contributed by atoms with E-state index in [9.17, 15) is 13.2 Å². The molecule has 0 amide bonds. The minimum atomic E-state index is -4.67. The van der Waals surface area contributed by atoms with E-state index in [1.807, 2.05) is 0 Å². The Bertz CT molecular complexity index is 459. The molecule has 0 spiro atoms. The number of benzene rings is 1. The summed E-state index contributed by atoms with van der Waals surface area (Å²) in [5.74, 6) is -0.445. The van der Waals surface area contributed by atoms with Crippen LogP contribution in [0, 0.1) is 6.92 Å². The van der Waals surface area contributed by atoms with Crippen molar-refractivity contribution in [2.24, 2.45) is 0 Å². The number of hydrogen-bond acceptors (Lipinski definition) is 5. The number of ether oxygens (including phenoxy) is 3. The fourth-order valence-corrected chi connectivity index (χ4v) is 1.36. The van der Waals surface area contributed by atoms with Crippen LogP contribution < -0.4 is 29.1 Å². The van der Waals surface area contributed by atoms with Crippen molar-refractivity contribution in [1.82, 2.24) is 0 Å². The van der Waals surface area contributed by atoms with Crippen molar-refractivity contribution in [3.63, 3.8) is 0 Å². The van der Waals surface area contributed by atoms with Gasteiger partial charge in [0, 0.05) is 7.11 Å². The van der Waals surface area contributed by atoms with E-state index < -0.39 is 24.6 Å². The zero-order valence-electron chi connectivity index (χ0n) is 14.8. The van der Waals surface area contributed by atoms with Crippen LogP contribution in [0.2, 0.25) is 0 Å². The van der Waals surface area contributed by atoms with Crippen LogP contribution in [0.5, 0.6) is 5.75 Å². The van der Waals surface area contributed by atoms with Crippen LogP contribution in [0.1, 0.15) is 25.3 Å². The number of rotatable bonds is 8. The van der Waals surface area contributed by atoms with Gasteiger partial charge in [0.15, 0.2) is 6.79 Å². The summed E-state index contributed by atoms with van der Waals surface area (Å²) in [6, 6.07) is 2.76. The van der Waals surface area contributed by atoms with Gasteiger partial charge in [0.2, 0.25) is 0 Å². The number of methoxy groups -OCH3 is 1. The van der Waals surface area contributed by atoms with E-state index in [1.165, 1.54) is 13.5 Å². The van der Waals surface area contributed by atoms with Crippen molar-refractivity contribution in [1.29, 1.82) is 0 Å². The first-order valence-electron chi connectivity index (χ1n) is 7.33. The molecule has 1 aromatic carbocycles. The SMILES string of the molecule is COCCOCOc1ccc(B(O)O)cc1C(F)(F)F.[CH2-]CCC.[Li+]. The molecular weight excluding hydrogens is 335 g/mol. The Morgan fingerprint density at radius 1 is 1.20 bits per heavy atom. The van der Waals surface area contributed by atoms with E-state index in [4.69, 9.17) is 24.3 Å². The summed E-state index contributed by atoms with van der Waals surface area (Å²) < 4.78 is 52.9. The van der Waals surface area contributed by atoms with Gasteiger partial charge in [-0.15, -0.1) is 0 Å². The van der Waals surface area contributed by atoms with E-state index in [1.54, 1.807) is 0 Å². The van der Waals surface area contributed by atoms with Crippen LogP contribution >= 0.6 is 0 Å². The molecular formula is C15H23BF3LiO5. The minimum Gasteiger partial charge on any atom is -0.467 e. The maximum absolute atomic E-state index is 12.8. The van der Waals surface area contributed by atoms with Crippen molar-refractivity contribution in [3.05, 3.63) is 30.7 Å². The molecule has 0 aliphatic carbocycles. The summed E-state index contributed by atoms with van der Waals surface area (Å²) in [7, 11) is -0.520. The fraction of sp³-hybridized carbons (Fsp3) is 0.533. The third-order valence-electron chi connectivity index (χ3n) is 2.69. The van der Waals surface area contributed by atoms with Gasteiger partial charge in [0.05, 0.1) is 18.8 Å². The van der Waals surface area contributed by atoms with Crippen molar-refractivity contribution in [2.75, 3.05) is 27.1 Å². The molecule has 2 N–H and O–H groups in total. The first-order chi connectivity index (χ1) is 11.3. The third kappa shape index (κ3) is 11.5. The van der Waals surface area contributed by atoms with Gasteiger partial charge in [-0.25, -0.2) is 0 Å². The topological polar surface area (TPSA) is 68.2 Å². The Balaban J connectivity index is 0. The molecule has 1 rings (SSSR count). The molecule has 138 valence electrons. The zero-order valence-corrected chi connectivity index (χ0v) is 14.8. The Kier molecular flexibility index (Phi) is 15.4. The van der Waals surface area contributed by atoms with E-state index in [-0.39, 0.29) is 37.7 Å². The molecule has 5 nitrogen and oxygen atoms in total. The maximum atomic E-state index is 12.8. The zero-order chi connectivity index (χ0) is 18.6. The summed E-state index contributed by atoms with van der Waals surface area (Å²) in [5.41, 5.74) is -1.37. The predicted octanol–water partition coefficient (Wildman–Crippen LogP) is -0.991. The molecule has 0 unspecified atom stereocenters. The van der Waals surface area contributed by atoms with E-state index in [0.29, 0.717) is 12.7 Å². The first kappa shape index (κ1) is 26.5. The molecule has 0 aliphatic heterocycles. The van der Waals surface area contributed by atoms with Gasteiger partial charge in [-0.2, -0.15) is 19.6 Å². The molecule has 0 atom stereocenters. The molecule has 0 saturated heterocycles. The first-order valence-corrected chi connectivity index (χ1v) is 7.33. The van der Waals surface area contributed by atoms with Gasteiger partial charge < -0.3 is 31.2 Å². The summed E-state index contributed by atoms with van der Waals surface area (Å²) in [6.07, 6.45) is -2.40. The number of unbranched alkanes of at least 4 members (excludes halogenated alkanes) is 1. The Morgan fingerprint density at radius 2 is 1.80 bits per heavy atom. The molecule has 0 radical (unpaired) electrons. The van der Waals surface area contributed by atoms with Gasteiger partial charge in [-0.05, 0) is 17.6 Å². The summed E-state index contributed by atoms with van der Waals surface area (Å²) >= 11 is 0. The molecule has 25 heavy (non-hydrogen) atoms. The standard InChI is InChI=1S/C11H14BF3O5.C4H9.Li/c1-18-4-5-19-7-20-10-3-2-8(12(16)17)6-9(10)11(13,14)15;1-3-4-2;/h2-3,6,16-17H,4-5,7H2,1H3;1,3-4H2,2H3;/q;-1;+1. The van der Waals surface area contributed by atoms with Crippen molar-refractivity contribution >= 4 is 12.6 Å². The third-order valence-corrected chi connectivity index (χ3v) is 2.69. The summed E-state index contributed by atoms with van der Waals surface area (Å²) in [5, 5.41) is 17.8. The minimum absolute atomic E-state index is 0. The van der Waals surface area contributed by atoms with Gasteiger partial charge in [-0.3, -0.25) is 0 Å². The average Bonchev–Trinajstić information content (AvgIpc) is 2.54. The van der Waals surface area contributed by atoms with Crippen LogP contribution in [-0.4, -0.2) is 44.3 Å². The van der Waals surface area contributed by atoms with Crippen LogP contribution in [0.3, 0.4) is 0 Å². The molecule has 0 bridgehead atoms. The van der Waals surface area contributed by atoms with Crippen molar-refractivity contribution < 1.29 is 56.3 Å². The van der Waals surface area contributed by atoms with Gasteiger partial charge in [0.25, 0.3) is 0 Å². The summed E-state index contributed by atoms with van der Waals surface area (Å²) in [6.45, 7) is 5.84. The second-order valence-electron chi connectivity index (χ2n) is 4.64. The average molecular weight is 358 g/mol. The molecule has 10 heteroatoms. The van der Waals surface area contributed by atoms with Crippen LogP contribution in [0.15, 0.2) is 18.2 Å². The molecule has 0 aliphatic rings. The Labute approximate surface area is 158 Å². The van der Waals surface area contributed by atoms with E-state index in [0.717, 1.165) is 18.6 Å². The van der Waals surface area contributed by atoms with Crippen molar-refractivity contribution in [2.45, 2.75) is 25.9 Å². The molecule has 0 heterocycles. The van der Waals surface area contributed by atoms with Gasteiger partial charge in [-0.1, -0.05) is 19.4 Å². The van der Waals surface area contributed by atoms with Gasteiger partial charge >= 0.3 is 32.2 Å². The quantitative estimate of drug-likeness (QED) is 0.270. The van der Waals surface area contributed by atoms with Crippen molar-refractivity contribution in [3.8, 4) is 5.75 Å². The number of alkyl halides is 3. The second kappa shape index (κ2) is 14.5. The predicted molar refractivity (Wildman–Crippen MR) is 84.9 cm³/mol. The Morgan fingerprint density at radius 3 is 2.24 bits per heavy atom. The normalized spacial score (nSPS) is 10.4. The van der Waals surface area contributed by atoms with E-state index in [2.05, 4.69) is 13.8 Å². The second-order valence-corrected chi connectivity index (χ2v) is 4.64. The molecule has 0 fully saturated rings. The van der Waals surface area contributed by atoms with Crippen LogP contribution in [0.25, 0.3) is 0 Å². The van der Waals surface area contributed by atoms with Crippen LogP contribution in [-0.2, 0) is 15.7 Å². The monoisotopic (exact) mass is 358 g/mol. The van der Waals surface area contributed by atoms with Gasteiger partial charge in [0.1, 0.15) is 5.75 Å². The fourth-order valence-electron chi connectivity index (χ4n) is 1.36. The number of halogens is 3. The molecule has 0 aromatic heterocycles. The van der Waals surface area contributed by atoms with E-state index >= 15 is 0 Å². The smallest absolute Gasteiger partial charge is 0.467 e. The molecule has 0 saturated carbocycles. The number of hydrogen-bond donors (Lipinski definition) is 2. The molecule has 1 aromatic rings. The summed E-state index contributed by atoms with van der Waals surface area (Å²) in [4.78, 5) is 0. The maximum Gasteiger partial charge on any atom is 1.00 e. The Hall–Kier alpha value is -0.688. The largest absolute Gasteiger partial charge is 1.00 e.